The van der Waals surface area contributed by atoms with E-state index in [9.17, 15) is 5.11 Å². The fourth-order valence-electron chi connectivity index (χ4n) is 2.49. The van der Waals surface area contributed by atoms with Crippen molar-refractivity contribution in [2.24, 2.45) is 0 Å². The number of hydrogen-bond acceptors (Lipinski definition) is 2. The summed E-state index contributed by atoms with van der Waals surface area (Å²) in [4.78, 5) is 0. The van der Waals surface area contributed by atoms with E-state index in [0.717, 1.165) is 25.0 Å². The smallest absolute Gasteiger partial charge is 0.113 e. The van der Waals surface area contributed by atoms with Gasteiger partial charge in [-0.15, -0.1) is 0 Å². The van der Waals surface area contributed by atoms with Crippen LogP contribution in [-0.4, -0.2) is 18.3 Å². The third-order valence-corrected chi connectivity index (χ3v) is 3.51. The van der Waals surface area contributed by atoms with Crippen molar-refractivity contribution in [3.63, 3.8) is 0 Å². The maximum Gasteiger partial charge on any atom is 0.113 e. The molecule has 2 aromatic rings. The number of fused-ring (bicyclic) bond motifs is 1. The SMILES string of the molecule is OC1(c2ccc3ccccc3c2)CCCOC1. The molecule has 0 spiro atoms. The Morgan fingerprint density at radius 3 is 2.65 bits per heavy atom. The zero-order valence-electron chi connectivity index (χ0n) is 9.73. The van der Waals surface area contributed by atoms with Crippen molar-refractivity contribution in [1.29, 1.82) is 0 Å². The van der Waals surface area contributed by atoms with Gasteiger partial charge in [-0.25, -0.2) is 0 Å². The summed E-state index contributed by atoms with van der Waals surface area (Å²) < 4.78 is 5.40. The normalized spacial score (nSPS) is 25.0. The minimum atomic E-state index is -0.803. The van der Waals surface area contributed by atoms with E-state index in [1.54, 1.807) is 0 Å². The Balaban J connectivity index is 2.05. The average Bonchev–Trinajstić information content (AvgIpc) is 2.39. The molecule has 0 saturated carbocycles. The first-order valence-electron chi connectivity index (χ1n) is 6.07. The van der Waals surface area contributed by atoms with Crippen LogP contribution < -0.4 is 0 Å². The van der Waals surface area contributed by atoms with Crippen LogP contribution in [0.5, 0.6) is 0 Å². The predicted octanol–water partition coefficient (Wildman–Crippen LogP) is 2.84. The van der Waals surface area contributed by atoms with Gasteiger partial charge in [-0.2, -0.15) is 0 Å². The van der Waals surface area contributed by atoms with Crippen LogP contribution in [0.2, 0.25) is 0 Å². The number of ether oxygens (including phenoxy) is 1. The molecule has 0 aromatic heterocycles. The van der Waals surface area contributed by atoms with Crippen molar-refractivity contribution in [2.75, 3.05) is 13.2 Å². The minimum absolute atomic E-state index is 0.408. The number of aliphatic hydroxyl groups is 1. The molecule has 0 amide bonds. The Hall–Kier alpha value is -1.38. The van der Waals surface area contributed by atoms with E-state index in [4.69, 9.17) is 4.74 Å². The van der Waals surface area contributed by atoms with Crippen LogP contribution in [0.25, 0.3) is 10.8 Å². The highest BCUT2D eigenvalue weighted by Crippen LogP contribution is 2.31. The first-order chi connectivity index (χ1) is 8.28. The molecular formula is C15H16O2. The van der Waals surface area contributed by atoms with E-state index >= 15 is 0 Å². The lowest BCUT2D eigenvalue weighted by molar-refractivity contribution is -0.0902. The molecule has 1 unspecified atom stereocenters. The maximum atomic E-state index is 10.6. The predicted molar refractivity (Wildman–Crippen MR) is 67.9 cm³/mol. The van der Waals surface area contributed by atoms with E-state index in [2.05, 4.69) is 24.3 Å². The fourth-order valence-corrected chi connectivity index (χ4v) is 2.49. The standard InChI is InChI=1S/C15H16O2/c16-15(8-3-9-17-11-15)14-7-6-12-4-1-2-5-13(12)10-14/h1-2,4-7,10,16H,3,8-9,11H2. The second kappa shape index (κ2) is 4.13. The molecule has 2 aromatic carbocycles. The molecule has 0 radical (unpaired) electrons. The molecule has 17 heavy (non-hydrogen) atoms. The maximum absolute atomic E-state index is 10.6. The molecule has 2 nitrogen and oxygen atoms in total. The molecule has 3 rings (SSSR count). The van der Waals surface area contributed by atoms with Gasteiger partial charge in [-0.3, -0.25) is 0 Å². The van der Waals surface area contributed by atoms with Crippen molar-refractivity contribution in [3.05, 3.63) is 48.0 Å². The summed E-state index contributed by atoms with van der Waals surface area (Å²) in [5.74, 6) is 0. The molecule has 1 heterocycles. The molecular weight excluding hydrogens is 212 g/mol. The van der Waals surface area contributed by atoms with E-state index in [1.165, 1.54) is 10.8 Å². The van der Waals surface area contributed by atoms with Gasteiger partial charge in [0, 0.05) is 6.61 Å². The average molecular weight is 228 g/mol. The number of benzene rings is 2. The molecule has 0 aliphatic carbocycles. The van der Waals surface area contributed by atoms with E-state index in [-0.39, 0.29) is 0 Å². The number of rotatable bonds is 1. The molecule has 1 saturated heterocycles. The summed E-state index contributed by atoms with van der Waals surface area (Å²) in [6.45, 7) is 1.17. The zero-order chi connectivity index (χ0) is 11.7. The summed E-state index contributed by atoms with van der Waals surface area (Å²) in [5, 5.41) is 13.0. The van der Waals surface area contributed by atoms with Gasteiger partial charge in [0.15, 0.2) is 0 Å². The first kappa shape index (κ1) is 10.8. The second-order valence-corrected chi connectivity index (χ2v) is 4.75. The molecule has 2 heteroatoms. The van der Waals surface area contributed by atoms with E-state index in [0.29, 0.717) is 6.61 Å². The second-order valence-electron chi connectivity index (χ2n) is 4.75. The lowest BCUT2D eigenvalue weighted by Gasteiger charge is -2.32. The van der Waals surface area contributed by atoms with Crippen molar-refractivity contribution < 1.29 is 9.84 Å². The van der Waals surface area contributed by atoms with Gasteiger partial charge in [-0.1, -0.05) is 36.4 Å². The Morgan fingerprint density at radius 2 is 1.88 bits per heavy atom. The van der Waals surface area contributed by atoms with Crippen LogP contribution in [0, 0.1) is 0 Å². The summed E-state index contributed by atoms with van der Waals surface area (Å²) in [5.41, 5.74) is 0.165. The quantitative estimate of drug-likeness (QED) is 0.813. The summed E-state index contributed by atoms with van der Waals surface area (Å²) in [6.07, 6.45) is 1.70. The van der Waals surface area contributed by atoms with Gasteiger partial charge in [0.05, 0.1) is 6.61 Å². The van der Waals surface area contributed by atoms with Crippen molar-refractivity contribution in [1.82, 2.24) is 0 Å². The van der Waals surface area contributed by atoms with Crippen LogP contribution in [0.4, 0.5) is 0 Å². The van der Waals surface area contributed by atoms with Crippen LogP contribution in [-0.2, 0) is 10.3 Å². The Morgan fingerprint density at radius 1 is 1.06 bits per heavy atom. The van der Waals surface area contributed by atoms with Gasteiger partial charge < -0.3 is 9.84 Å². The van der Waals surface area contributed by atoms with Gasteiger partial charge >= 0.3 is 0 Å². The molecule has 1 aliphatic rings. The lowest BCUT2D eigenvalue weighted by atomic mass is 9.87. The van der Waals surface area contributed by atoms with Gasteiger partial charge in [0.1, 0.15) is 5.60 Å². The summed E-state index contributed by atoms with van der Waals surface area (Å²) >= 11 is 0. The lowest BCUT2D eigenvalue weighted by Crippen LogP contribution is -2.35. The largest absolute Gasteiger partial charge is 0.383 e. The highest BCUT2D eigenvalue weighted by molar-refractivity contribution is 5.83. The highest BCUT2D eigenvalue weighted by atomic mass is 16.5. The molecule has 1 fully saturated rings. The molecule has 1 N–H and O–H groups in total. The molecule has 88 valence electrons. The monoisotopic (exact) mass is 228 g/mol. The highest BCUT2D eigenvalue weighted by Gasteiger charge is 2.32. The fraction of sp³-hybridized carbons (Fsp3) is 0.333. The first-order valence-corrected chi connectivity index (χ1v) is 6.07. The van der Waals surface area contributed by atoms with Crippen molar-refractivity contribution in [2.45, 2.75) is 18.4 Å². The van der Waals surface area contributed by atoms with Crippen LogP contribution in [0.1, 0.15) is 18.4 Å². The Kier molecular flexibility index (Phi) is 2.61. The topological polar surface area (TPSA) is 29.5 Å². The molecule has 1 aliphatic heterocycles. The van der Waals surface area contributed by atoms with E-state index in [1.807, 2.05) is 18.2 Å². The summed E-state index contributed by atoms with van der Waals surface area (Å²) in [6, 6.07) is 14.4. The van der Waals surface area contributed by atoms with Gasteiger partial charge in [-0.05, 0) is 35.2 Å². The van der Waals surface area contributed by atoms with Crippen LogP contribution in [0.15, 0.2) is 42.5 Å². The number of hydrogen-bond donors (Lipinski definition) is 1. The molecule has 0 bridgehead atoms. The van der Waals surface area contributed by atoms with Crippen molar-refractivity contribution >= 4 is 10.8 Å². The van der Waals surface area contributed by atoms with Crippen molar-refractivity contribution in [3.8, 4) is 0 Å². The third-order valence-electron chi connectivity index (χ3n) is 3.51. The zero-order valence-corrected chi connectivity index (χ0v) is 9.73. The third kappa shape index (κ3) is 1.94. The Labute approximate surface area is 101 Å². The summed E-state index contributed by atoms with van der Waals surface area (Å²) in [7, 11) is 0. The Bertz CT molecular complexity index is 527. The van der Waals surface area contributed by atoms with Gasteiger partial charge in [0.25, 0.3) is 0 Å². The minimum Gasteiger partial charge on any atom is -0.383 e. The van der Waals surface area contributed by atoms with E-state index < -0.39 is 5.60 Å². The molecule has 1 atom stereocenters. The van der Waals surface area contributed by atoms with Crippen LogP contribution in [0.3, 0.4) is 0 Å². The van der Waals surface area contributed by atoms with Gasteiger partial charge in [0.2, 0.25) is 0 Å². The van der Waals surface area contributed by atoms with Crippen LogP contribution >= 0.6 is 0 Å².